The molecule has 0 amide bonds. The largest absolute Gasteiger partial charge is 0.482 e. The highest BCUT2D eigenvalue weighted by atomic mass is 19.4. The highest BCUT2D eigenvalue weighted by Crippen LogP contribution is 2.39. The number of carbonyl (C=O) groups excluding carboxylic acids is 1. The second-order valence-electron chi connectivity index (χ2n) is 7.68. The number of nitrogens with two attached hydrogens (primary N) is 1. The number of hydrogen-bond donors (Lipinski definition) is 1. The minimum atomic E-state index is -4.51. The summed E-state index contributed by atoms with van der Waals surface area (Å²) in [7, 11) is 0. The summed E-state index contributed by atoms with van der Waals surface area (Å²) in [5.41, 5.74) is 9.07. The first-order valence-electron chi connectivity index (χ1n) is 9.88. The van der Waals surface area contributed by atoms with Gasteiger partial charge >= 0.3 is 12.1 Å². The number of anilines is 1. The fourth-order valence-corrected chi connectivity index (χ4v) is 3.18. The van der Waals surface area contributed by atoms with Crippen LogP contribution in [0.5, 0.6) is 5.75 Å². The summed E-state index contributed by atoms with van der Waals surface area (Å²) in [6.45, 7) is 6.31. The van der Waals surface area contributed by atoms with Crippen molar-refractivity contribution in [2.75, 3.05) is 18.9 Å². The lowest BCUT2D eigenvalue weighted by atomic mass is 9.87. The second kappa shape index (κ2) is 9.87. The predicted octanol–water partition coefficient (Wildman–Crippen LogP) is 5.88. The van der Waals surface area contributed by atoms with E-state index in [9.17, 15) is 18.0 Å². The molecule has 0 fully saturated rings. The van der Waals surface area contributed by atoms with Crippen LogP contribution in [0, 0.1) is 12.8 Å². The van der Waals surface area contributed by atoms with Crippen LogP contribution in [0.15, 0.2) is 36.4 Å². The van der Waals surface area contributed by atoms with Crippen LogP contribution in [0.4, 0.5) is 18.9 Å². The number of alkyl halides is 3. The molecule has 0 aliphatic heterocycles. The molecule has 4 nitrogen and oxygen atoms in total. The average Bonchev–Trinajstić information content (AvgIpc) is 2.65. The van der Waals surface area contributed by atoms with Gasteiger partial charge in [0, 0.05) is 5.56 Å². The first kappa shape index (κ1) is 23.6. The average molecular weight is 423 g/mol. The number of halogens is 3. The molecule has 164 valence electrons. The molecule has 2 aromatic rings. The number of esters is 1. The first-order valence-corrected chi connectivity index (χ1v) is 9.88. The van der Waals surface area contributed by atoms with Crippen molar-refractivity contribution in [2.24, 2.45) is 5.92 Å². The van der Waals surface area contributed by atoms with Crippen LogP contribution in [-0.4, -0.2) is 25.4 Å². The number of carbonyl (C=O) groups is 1. The Balaban J connectivity index is 2.60. The van der Waals surface area contributed by atoms with E-state index in [1.54, 1.807) is 13.0 Å². The molecular weight excluding hydrogens is 395 g/mol. The molecule has 0 heterocycles. The molecule has 0 spiro atoms. The summed E-state index contributed by atoms with van der Waals surface area (Å²) in [5, 5.41) is 0. The number of nitrogen functional groups attached to an aromatic ring is 1. The van der Waals surface area contributed by atoms with Crippen molar-refractivity contribution in [3.05, 3.63) is 47.5 Å². The van der Waals surface area contributed by atoms with Crippen LogP contribution in [0.1, 0.15) is 44.2 Å². The fourth-order valence-electron chi connectivity index (χ4n) is 3.18. The highest BCUT2D eigenvalue weighted by Gasteiger charge is 2.30. The van der Waals surface area contributed by atoms with Gasteiger partial charge in [0.1, 0.15) is 5.75 Å². The van der Waals surface area contributed by atoms with Gasteiger partial charge in [0.15, 0.2) is 6.61 Å². The third-order valence-corrected chi connectivity index (χ3v) is 4.60. The number of aryl methyl sites for hydroxylation is 1. The maximum Gasteiger partial charge on any atom is 0.422 e. The molecule has 0 radical (unpaired) electrons. The Hall–Kier alpha value is -2.70. The molecule has 0 aliphatic carbocycles. The predicted molar refractivity (Wildman–Crippen MR) is 111 cm³/mol. The normalized spacial score (nSPS) is 12.7. The Morgan fingerprint density at radius 1 is 1.13 bits per heavy atom. The summed E-state index contributed by atoms with van der Waals surface area (Å²) < 4.78 is 48.5. The molecule has 2 rings (SSSR count). The number of benzene rings is 2. The maximum atomic E-state index is 12.8. The SMILES string of the molecule is CCOC(=O)C(CC(C)C)c1cc(OCC(F)(F)F)c(N)c(-c2ccc(C)cc2)c1. The molecule has 2 N–H and O–H groups in total. The van der Waals surface area contributed by atoms with Gasteiger partial charge in [-0.2, -0.15) is 13.2 Å². The Kier molecular flexibility index (Phi) is 7.76. The number of rotatable bonds is 8. The molecule has 7 heteroatoms. The highest BCUT2D eigenvalue weighted by molar-refractivity contribution is 5.85. The van der Waals surface area contributed by atoms with E-state index < -0.39 is 24.7 Å². The summed E-state index contributed by atoms with van der Waals surface area (Å²) >= 11 is 0. The zero-order valence-electron chi connectivity index (χ0n) is 17.7. The fraction of sp³-hybridized carbons (Fsp3) is 0.435. The molecule has 2 aromatic carbocycles. The van der Waals surface area contributed by atoms with Crippen molar-refractivity contribution >= 4 is 11.7 Å². The van der Waals surface area contributed by atoms with E-state index in [1.165, 1.54) is 6.07 Å². The lowest BCUT2D eigenvalue weighted by Crippen LogP contribution is -2.21. The second-order valence-corrected chi connectivity index (χ2v) is 7.68. The van der Waals surface area contributed by atoms with Gasteiger partial charge < -0.3 is 15.2 Å². The molecule has 30 heavy (non-hydrogen) atoms. The summed E-state index contributed by atoms with van der Waals surface area (Å²) in [6, 6.07) is 10.6. The van der Waals surface area contributed by atoms with E-state index in [1.807, 2.05) is 45.0 Å². The van der Waals surface area contributed by atoms with Gasteiger partial charge in [-0.15, -0.1) is 0 Å². The van der Waals surface area contributed by atoms with Gasteiger partial charge in [-0.1, -0.05) is 43.7 Å². The van der Waals surface area contributed by atoms with E-state index in [2.05, 4.69) is 0 Å². The van der Waals surface area contributed by atoms with Crippen molar-refractivity contribution in [3.63, 3.8) is 0 Å². The third kappa shape index (κ3) is 6.40. The van der Waals surface area contributed by atoms with E-state index >= 15 is 0 Å². The van der Waals surface area contributed by atoms with Crippen LogP contribution in [0.3, 0.4) is 0 Å². The Labute approximate surface area is 175 Å². The third-order valence-electron chi connectivity index (χ3n) is 4.60. The number of hydrogen-bond acceptors (Lipinski definition) is 4. The molecule has 0 bridgehead atoms. The molecule has 1 atom stereocenters. The smallest absolute Gasteiger partial charge is 0.422 e. The zero-order chi connectivity index (χ0) is 22.5. The van der Waals surface area contributed by atoms with Gasteiger partial charge in [-0.05, 0) is 49.4 Å². The topological polar surface area (TPSA) is 61.5 Å². The van der Waals surface area contributed by atoms with Crippen LogP contribution < -0.4 is 10.5 Å². The van der Waals surface area contributed by atoms with Crippen LogP contribution in [0.25, 0.3) is 11.1 Å². The van der Waals surface area contributed by atoms with Crippen LogP contribution >= 0.6 is 0 Å². The summed E-state index contributed by atoms with van der Waals surface area (Å²) in [4.78, 5) is 12.6. The van der Waals surface area contributed by atoms with Crippen molar-refractivity contribution in [1.29, 1.82) is 0 Å². The van der Waals surface area contributed by atoms with E-state index in [0.717, 1.165) is 11.1 Å². The monoisotopic (exact) mass is 423 g/mol. The molecule has 1 unspecified atom stereocenters. The van der Waals surface area contributed by atoms with E-state index in [0.29, 0.717) is 17.5 Å². The van der Waals surface area contributed by atoms with Crippen LogP contribution in [-0.2, 0) is 9.53 Å². The lowest BCUT2D eigenvalue weighted by molar-refractivity contribution is -0.153. The minimum absolute atomic E-state index is 0.0963. The van der Waals surface area contributed by atoms with Crippen molar-refractivity contribution in [1.82, 2.24) is 0 Å². The maximum absolute atomic E-state index is 12.8. The quantitative estimate of drug-likeness (QED) is 0.426. The Bertz CT molecular complexity index is 861. The summed E-state index contributed by atoms with van der Waals surface area (Å²) in [6.07, 6.45) is -4.03. The zero-order valence-corrected chi connectivity index (χ0v) is 17.7. The standard InChI is InChI=1S/C23H28F3NO3/c1-5-29-22(28)19(10-14(2)3)17-11-18(16-8-6-15(4)7-9-16)21(27)20(12-17)30-13-23(24,25)26/h6-9,11-12,14,19H,5,10,13,27H2,1-4H3. The van der Waals surface area contributed by atoms with Crippen LogP contribution in [0.2, 0.25) is 0 Å². The minimum Gasteiger partial charge on any atom is -0.482 e. The van der Waals surface area contributed by atoms with Crippen molar-refractivity contribution in [2.45, 2.75) is 46.2 Å². The molecular formula is C23H28F3NO3. The Morgan fingerprint density at radius 3 is 2.30 bits per heavy atom. The van der Waals surface area contributed by atoms with Gasteiger partial charge in [-0.25, -0.2) is 0 Å². The van der Waals surface area contributed by atoms with Gasteiger partial charge in [0.25, 0.3) is 0 Å². The van der Waals surface area contributed by atoms with Gasteiger partial charge in [0.05, 0.1) is 18.2 Å². The molecule has 0 saturated heterocycles. The van der Waals surface area contributed by atoms with Gasteiger partial charge in [-0.3, -0.25) is 4.79 Å². The first-order chi connectivity index (χ1) is 14.0. The van der Waals surface area contributed by atoms with E-state index in [-0.39, 0.29) is 24.0 Å². The summed E-state index contributed by atoms with van der Waals surface area (Å²) in [5.74, 6) is -0.992. The molecule has 0 aromatic heterocycles. The Morgan fingerprint density at radius 2 is 1.77 bits per heavy atom. The molecule has 0 saturated carbocycles. The van der Waals surface area contributed by atoms with Gasteiger partial charge in [0.2, 0.25) is 0 Å². The lowest BCUT2D eigenvalue weighted by Gasteiger charge is -2.22. The van der Waals surface area contributed by atoms with E-state index in [4.69, 9.17) is 15.2 Å². The molecule has 0 aliphatic rings. The number of ether oxygens (including phenoxy) is 2. The van der Waals surface area contributed by atoms with Crippen molar-refractivity contribution in [3.8, 4) is 16.9 Å². The van der Waals surface area contributed by atoms with Crippen molar-refractivity contribution < 1.29 is 27.4 Å².